The molecule has 1 N–H and O–H groups in total. The lowest BCUT2D eigenvalue weighted by molar-refractivity contribution is -0.145. The summed E-state index contributed by atoms with van der Waals surface area (Å²) in [5, 5.41) is 10.7. The smallest absolute Gasteiger partial charge is 0.309 e. The fourth-order valence-corrected chi connectivity index (χ4v) is 6.09. The summed E-state index contributed by atoms with van der Waals surface area (Å²) < 4.78 is 16.5. The molecule has 210 valence electrons. The summed E-state index contributed by atoms with van der Waals surface area (Å²) in [6.07, 6.45) is 0.834. The van der Waals surface area contributed by atoms with Gasteiger partial charge in [-0.1, -0.05) is 55.5 Å². The molecule has 5 rings (SSSR count). The van der Waals surface area contributed by atoms with Gasteiger partial charge in [-0.25, -0.2) is 0 Å². The highest BCUT2D eigenvalue weighted by atomic mass is 16.7. The fourth-order valence-electron chi connectivity index (χ4n) is 6.09. The minimum Gasteiger partial charge on any atom is -0.497 e. The molecule has 8 nitrogen and oxygen atoms in total. The maximum absolute atomic E-state index is 14.3. The minimum atomic E-state index is -0.911. The van der Waals surface area contributed by atoms with Crippen molar-refractivity contribution < 1.29 is 28.9 Å². The van der Waals surface area contributed by atoms with E-state index < -0.39 is 24.0 Å². The molecule has 0 aliphatic carbocycles. The summed E-state index contributed by atoms with van der Waals surface area (Å²) in [4.78, 5) is 31.3. The van der Waals surface area contributed by atoms with Gasteiger partial charge in [-0.3, -0.25) is 14.5 Å². The van der Waals surface area contributed by atoms with Crippen molar-refractivity contribution >= 4 is 11.9 Å². The molecule has 1 fully saturated rings. The molecule has 1 amide bonds. The van der Waals surface area contributed by atoms with E-state index in [9.17, 15) is 14.7 Å². The zero-order valence-corrected chi connectivity index (χ0v) is 23.2. The van der Waals surface area contributed by atoms with Gasteiger partial charge in [0.1, 0.15) is 11.8 Å². The number of carboxylic acids is 1. The SMILES string of the molecule is CCCN(CC)C(=O)C(c1ccccc1)N1C[C@H](c2ccc3c(c2)OCO3)[C@H](C(=O)O)[C@H]1c1ccc(OC)cc1. The number of carbonyl (C=O) groups excluding carboxylic acids is 1. The van der Waals surface area contributed by atoms with Crippen LogP contribution in [-0.2, 0) is 9.59 Å². The van der Waals surface area contributed by atoms with E-state index in [1.165, 1.54) is 0 Å². The first-order valence-corrected chi connectivity index (χ1v) is 13.8. The van der Waals surface area contributed by atoms with Crippen molar-refractivity contribution in [2.45, 2.75) is 38.3 Å². The summed E-state index contributed by atoms with van der Waals surface area (Å²) in [6, 6.07) is 21.6. The Hall–Kier alpha value is -4.04. The largest absolute Gasteiger partial charge is 0.497 e. The first-order chi connectivity index (χ1) is 19.5. The van der Waals surface area contributed by atoms with Crippen molar-refractivity contribution in [3.05, 3.63) is 89.5 Å². The number of aliphatic carboxylic acids is 1. The van der Waals surface area contributed by atoms with Crippen LogP contribution in [0.15, 0.2) is 72.8 Å². The van der Waals surface area contributed by atoms with Gasteiger partial charge in [-0.15, -0.1) is 0 Å². The third kappa shape index (κ3) is 5.23. The van der Waals surface area contributed by atoms with Gasteiger partial charge in [0.25, 0.3) is 0 Å². The topological polar surface area (TPSA) is 88.5 Å². The van der Waals surface area contributed by atoms with Gasteiger partial charge in [-0.2, -0.15) is 0 Å². The number of hydrogen-bond donors (Lipinski definition) is 1. The van der Waals surface area contributed by atoms with Crippen LogP contribution in [0.2, 0.25) is 0 Å². The van der Waals surface area contributed by atoms with Crippen LogP contribution >= 0.6 is 0 Å². The summed E-state index contributed by atoms with van der Waals surface area (Å²) in [5.41, 5.74) is 2.51. The number of fused-ring (bicyclic) bond motifs is 1. The molecular formula is C32H36N2O6. The number of amides is 1. The number of rotatable bonds is 10. The molecule has 0 radical (unpaired) electrons. The van der Waals surface area contributed by atoms with E-state index in [-0.39, 0.29) is 18.6 Å². The molecule has 0 saturated carbocycles. The van der Waals surface area contributed by atoms with Gasteiger partial charge in [0.15, 0.2) is 11.5 Å². The number of nitrogens with zero attached hydrogens (tertiary/aromatic N) is 2. The molecule has 1 unspecified atom stereocenters. The lowest BCUT2D eigenvalue weighted by atomic mass is 9.82. The van der Waals surface area contributed by atoms with E-state index in [0.717, 1.165) is 23.1 Å². The number of ether oxygens (including phenoxy) is 3. The Labute approximate surface area is 235 Å². The minimum absolute atomic E-state index is 0.0236. The molecule has 3 aromatic rings. The molecule has 0 bridgehead atoms. The molecule has 40 heavy (non-hydrogen) atoms. The average Bonchev–Trinajstić information content (AvgIpc) is 3.61. The quantitative estimate of drug-likeness (QED) is 0.372. The number of hydrogen-bond acceptors (Lipinski definition) is 6. The van der Waals surface area contributed by atoms with E-state index in [0.29, 0.717) is 36.9 Å². The van der Waals surface area contributed by atoms with Gasteiger partial charge < -0.3 is 24.2 Å². The van der Waals surface area contributed by atoms with E-state index in [2.05, 4.69) is 11.8 Å². The van der Waals surface area contributed by atoms with Crippen molar-refractivity contribution in [2.24, 2.45) is 5.92 Å². The van der Waals surface area contributed by atoms with Gasteiger partial charge in [0.2, 0.25) is 12.7 Å². The van der Waals surface area contributed by atoms with Crippen LogP contribution in [0.25, 0.3) is 0 Å². The van der Waals surface area contributed by atoms with Gasteiger partial charge in [-0.05, 0) is 54.3 Å². The summed E-state index contributed by atoms with van der Waals surface area (Å²) >= 11 is 0. The second-order valence-corrected chi connectivity index (χ2v) is 10.2. The maximum atomic E-state index is 14.3. The molecule has 4 atom stereocenters. The molecule has 2 aliphatic heterocycles. The summed E-state index contributed by atoms with van der Waals surface area (Å²) in [5.74, 6) is -0.197. The zero-order chi connectivity index (χ0) is 28.2. The number of likely N-dealkylation sites (N-methyl/N-ethyl adjacent to an activating group) is 1. The van der Waals surface area contributed by atoms with Gasteiger partial charge >= 0.3 is 5.97 Å². The molecule has 2 heterocycles. The Kier molecular flexibility index (Phi) is 8.26. The van der Waals surface area contributed by atoms with Crippen LogP contribution in [0.3, 0.4) is 0 Å². The Bertz CT molecular complexity index is 1330. The fraction of sp³-hybridized carbons (Fsp3) is 0.375. The number of carboxylic acid groups (broad SMARTS) is 1. The summed E-state index contributed by atoms with van der Waals surface area (Å²) in [7, 11) is 1.60. The molecule has 2 aliphatic rings. The number of benzene rings is 3. The van der Waals surface area contributed by atoms with E-state index >= 15 is 0 Å². The molecular weight excluding hydrogens is 508 g/mol. The predicted molar refractivity (Wildman–Crippen MR) is 151 cm³/mol. The van der Waals surface area contributed by atoms with Crippen LogP contribution in [-0.4, -0.2) is 60.3 Å². The highest BCUT2D eigenvalue weighted by Gasteiger charge is 2.51. The normalized spacial score (nSPS) is 20.7. The van der Waals surface area contributed by atoms with Crippen molar-refractivity contribution in [3.8, 4) is 17.2 Å². The van der Waals surface area contributed by atoms with E-state index in [1.807, 2.05) is 84.6 Å². The predicted octanol–water partition coefficient (Wildman–Crippen LogP) is 5.27. The van der Waals surface area contributed by atoms with Crippen molar-refractivity contribution in [1.82, 2.24) is 9.80 Å². The van der Waals surface area contributed by atoms with E-state index in [1.54, 1.807) is 7.11 Å². The Morgan fingerprint density at radius 2 is 1.70 bits per heavy atom. The monoisotopic (exact) mass is 544 g/mol. The van der Waals surface area contributed by atoms with Crippen molar-refractivity contribution in [3.63, 3.8) is 0 Å². The van der Waals surface area contributed by atoms with Crippen LogP contribution in [0.4, 0.5) is 0 Å². The van der Waals surface area contributed by atoms with Crippen LogP contribution < -0.4 is 14.2 Å². The highest BCUT2D eigenvalue weighted by molar-refractivity contribution is 5.84. The molecule has 0 aromatic heterocycles. The van der Waals surface area contributed by atoms with Crippen LogP contribution in [0.5, 0.6) is 17.2 Å². The van der Waals surface area contributed by atoms with Crippen molar-refractivity contribution in [2.75, 3.05) is 33.5 Å². The average molecular weight is 545 g/mol. The third-order valence-electron chi connectivity index (χ3n) is 7.97. The van der Waals surface area contributed by atoms with Crippen LogP contribution in [0, 0.1) is 5.92 Å². The first-order valence-electron chi connectivity index (χ1n) is 13.8. The molecule has 0 spiro atoms. The molecule has 3 aromatic carbocycles. The van der Waals surface area contributed by atoms with Crippen LogP contribution in [0.1, 0.15) is 55.0 Å². The first kappa shape index (κ1) is 27.5. The molecule has 1 saturated heterocycles. The lowest BCUT2D eigenvalue weighted by Gasteiger charge is -2.36. The van der Waals surface area contributed by atoms with Gasteiger partial charge in [0, 0.05) is 31.6 Å². The van der Waals surface area contributed by atoms with E-state index in [4.69, 9.17) is 14.2 Å². The highest BCUT2D eigenvalue weighted by Crippen LogP contribution is 2.51. The molecule has 8 heteroatoms. The number of likely N-dealkylation sites (tertiary alicyclic amines) is 1. The van der Waals surface area contributed by atoms with Gasteiger partial charge in [0.05, 0.1) is 13.0 Å². The second kappa shape index (κ2) is 12.0. The zero-order valence-electron chi connectivity index (χ0n) is 23.2. The Morgan fingerprint density at radius 1 is 1.00 bits per heavy atom. The Morgan fingerprint density at radius 3 is 2.35 bits per heavy atom. The number of methoxy groups -OCH3 is 1. The maximum Gasteiger partial charge on any atom is 0.309 e. The standard InChI is InChI=1S/C32H36N2O6/c1-4-17-33(5-2)31(35)30(21-9-7-6-8-10-21)34-19-25(23-13-16-26-27(18-23)40-20-39-26)28(32(36)37)29(34)22-11-14-24(38-3)15-12-22/h6-16,18,25,28-30H,4-5,17,19-20H2,1-3H3,(H,36,37)/t25-,28+,29-,30?/m1/s1. The second-order valence-electron chi connectivity index (χ2n) is 10.2. The Balaban J connectivity index is 1.66. The lowest BCUT2D eigenvalue weighted by Crippen LogP contribution is -2.44. The number of carbonyl (C=O) groups is 2. The van der Waals surface area contributed by atoms with Crippen molar-refractivity contribution in [1.29, 1.82) is 0 Å². The summed E-state index contributed by atoms with van der Waals surface area (Å²) in [6.45, 7) is 5.76. The third-order valence-corrected chi connectivity index (χ3v) is 7.97.